The van der Waals surface area contributed by atoms with Gasteiger partial charge < -0.3 is 19.1 Å². The van der Waals surface area contributed by atoms with E-state index in [2.05, 4.69) is 41.0 Å². The quantitative estimate of drug-likeness (QED) is 0.352. The molecule has 0 spiro atoms. The zero-order valence-electron chi connectivity index (χ0n) is 20.5. The van der Waals surface area contributed by atoms with Gasteiger partial charge in [-0.2, -0.15) is 5.10 Å². The fourth-order valence-corrected chi connectivity index (χ4v) is 3.91. The zero-order chi connectivity index (χ0) is 24.2. The van der Waals surface area contributed by atoms with Crippen molar-refractivity contribution < 1.29 is 14.2 Å². The van der Waals surface area contributed by atoms with E-state index in [4.69, 9.17) is 19.2 Å². The lowest BCUT2D eigenvalue weighted by atomic mass is 10.1. The topological polar surface area (TPSA) is 74.5 Å². The molecule has 2 aromatic carbocycles. The third kappa shape index (κ3) is 4.97. The Bertz CT molecular complexity index is 1250. The van der Waals surface area contributed by atoms with Crippen LogP contribution in [0.25, 0.3) is 22.3 Å². The number of hydrogen-bond acceptors (Lipinski definition) is 7. The third-order valence-corrected chi connectivity index (χ3v) is 5.89. The van der Waals surface area contributed by atoms with Gasteiger partial charge in [-0.1, -0.05) is 13.8 Å². The predicted molar refractivity (Wildman–Crippen MR) is 134 cm³/mol. The summed E-state index contributed by atoms with van der Waals surface area (Å²) in [6.45, 7) is 4.96. The number of aryl methyl sites for hydroxylation is 1. The maximum Gasteiger partial charge on any atom is 0.124 e. The fraction of sp³-hybridized carbons (Fsp3) is 0.346. The maximum absolute atomic E-state index is 5.82. The molecule has 0 saturated carbocycles. The van der Waals surface area contributed by atoms with Crippen molar-refractivity contribution in [3.8, 4) is 22.8 Å². The highest BCUT2D eigenvalue weighted by Crippen LogP contribution is 2.35. The van der Waals surface area contributed by atoms with Crippen LogP contribution >= 0.6 is 0 Å². The normalized spacial score (nSPS) is 12.2. The Balaban J connectivity index is 1.82. The molecule has 0 radical (unpaired) electrons. The Hall–Kier alpha value is -3.65. The molecule has 178 valence electrons. The maximum atomic E-state index is 5.82. The van der Waals surface area contributed by atoms with Crippen LogP contribution in [0.5, 0.6) is 11.5 Å². The minimum atomic E-state index is 0.0145. The van der Waals surface area contributed by atoms with Crippen LogP contribution in [-0.2, 0) is 11.8 Å². The highest BCUT2D eigenvalue weighted by Gasteiger charge is 2.21. The molecule has 8 nitrogen and oxygen atoms in total. The van der Waals surface area contributed by atoms with E-state index in [0.29, 0.717) is 12.5 Å². The van der Waals surface area contributed by atoms with Gasteiger partial charge in [0.25, 0.3) is 0 Å². The Labute approximate surface area is 200 Å². The lowest BCUT2D eigenvalue weighted by Crippen LogP contribution is -2.33. The van der Waals surface area contributed by atoms with Gasteiger partial charge in [0.1, 0.15) is 11.5 Å². The molecule has 0 aliphatic carbocycles. The molecule has 2 aromatic heterocycles. The number of anilines is 2. The van der Waals surface area contributed by atoms with E-state index in [-0.39, 0.29) is 6.10 Å². The van der Waals surface area contributed by atoms with Crippen molar-refractivity contribution >= 4 is 22.4 Å². The number of nitrogens with zero attached hydrogens (tertiary/aromatic N) is 5. The largest absolute Gasteiger partial charge is 0.497 e. The summed E-state index contributed by atoms with van der Waals surface area (Å²) in [4.78, 5) is 11.7. The average molecular weight is 462 g/mol. The molecule has 1 unspecified atom stereocenters. The Morgan fingerprint density at radius 2 is 1.65 bits per heavy atom. The number of rotatable bonds is 9. The Morgan fingerprint density at radius 3 is 2.24 bits per heavy atom. The van der Waals surface area contributed by atoms with Crippen LogP contribution in [0.3, 0.4) is 0 Å². The molecule has 0 aliphatic heterocycles. The Morgan fingerprint density at radius 1 is 0.912 bits per heavy atom. The number of fused-ring (bicyclic) bond motifs is 1. The number of hydrogen-bond donors (Lipinski definition) is 0. The van der Waals surface area contributed by atoms with Crippen LogP contribution < -0.4 is 14.4 Å². The molecule has 0 fully saturated rings. The van der Waals surface area contributed by atoms with Crippen LogP contribution in [0.2, 0.25) is 0 Å². The first kappa shape index (κ1) is 23.5. The minimum absolute atomic E-state index is 0.0145. The van der Waals surface area contributed by atoms with E-state index in [1.165, 1.54) is 0 Å². The van der Waals surface area contributed by atoms with Crippen molar-refractivity contribution in [2.75, 3.05) is 32.8 Å². The predicted octanol–water partition coefficient (Wildman–Crippen LogP) is 4.86. The number of benzene rings is 2. The highest BCUT2D eigenvalue weighted by atomic mass is 16.5. The van der Waals surface area contributed by atoms with Crippen LogP contribution in [0.1, 0.15) is 13.8 Å². The van der Waals surface area contributed by atoms with Crippen LogP contribution in [0.4, 0.5) is 11.4 Å². The van der Waals surface area contributed by atoms with Gasteiger partial charge in [0.2, 0.25) is 0 Å². The van der Waals surface area contributed by atoms with Crippen molar-refractivity contribution in [3.05, 3.63) is 55.0 Å². The van der Waals surface area contributed by atoms with Crippen molar-refractivity contribution in [1.29, 1.82) is 0 Å². The van der Waals surface area contributed by atoms with Gasteiger partial charge in [-0.15, -0.1) is 0 Å². The van der Waals surface area contributed by atoms with E-state index in [1.807, 2.05) is 37.5 Å². The lowest BCUT2D eigenvalue weighted by Gasteiger charge is -2.31. The van der Waals surface area contributed by atoms with E-state index in [0.717, 1.165) is 45.2 Å². The summed E-state index contributed by atoms with van der Waals surface area (Å²) in [6.07, 6.45) is 5.52. The highest BCUT2D eigenvalue weighted by molar-refractivity contribution is 5.82. The van der Waals surface area contributed by atoms with Crippen molar-refractivity contribution in [2.45, 2.75) is 20.0 Å². The molecule has 0 aliphatic rings. The molecule has 0 bridgehead atoms. The molecular weight excluding hydrogens is 430 g/mol. The molecule has 0 amide bonds. The minimum Gasteiger partial charge on any atom is -0.497 e. The van der Waals surface area contributed by atoms with Gasteiger partial charge in [0.05, 0.1) is 49.4 Å². The molecule has 8 heteroatoms. The van der Waals surface area contributed by atoms with Crippen molar-refractivity contribution in [2.24, 2.45) is 13.0 Å². The van der Waals surface area contributed by atoms with Gasteiger partial charge in [-0.25, -0.2) is 4.98 Å². The second-order valence-corrected chi connectivity index (χ2v) is 8.53. The van der Waals surface area contributed by atoms with Gasteiger partial charge >= 0.3 is 0 Å². The summed E-state index contributed by atoms with van der Waals surface area (Å²) >= 11 is 0. The molecule has 2 heterocycles. The summed E-state index contributed by atoms with van der Waals surface area (Å²) in [5.74, 6) is 1.77. The number of aromatic nitrogens is 4. The van der Waals surface area contributed by atoms with E-state index in [1.54, 1.807) is 38.4 Å². The Kier molecular flexibility index (Phi) is 6.98. The van der Waals surface area contributed by atoms with Crippen LogP contribution in [0, 0.1) is 5.92 Å². The first-order valence-corrected chi connectivity index (χ1v) is 11.2. The second-order valence-electron chi connectivity index (χ2n) is 8.53. The van der Waals surface area contributed by atoms with E-state index >= 15 is 0 Å². The van der Waals surface area contributed by atoms with Crippen LogP contribution in [0.15, 0.2) is 55.0 Å². The number of methoxy groups -OCH3 is 3. The summed E-state index contributed by atoms with van der Waals surface area (Å²) in [5, 5.41) is 4.25. The summed E-state index contributed by atoms with van der Waals surface area (Å²) < 4.78 is 18.6. The SMILES string of the molecule is COc1cc(OC)cc(N(CC(OC)C(C)C)c2ccc3ncc(-c4cnn(C)c4)nc3c2)c1. The molecule has 34 heavy (non-hydrogen) atoms. The van der Waals surface area contributed by atoms with Gasteiger partial charge in [0, 0.05) is 62.0 Å². The first-order chi connectivity index (χ1) is 16.4. The monoisotopic (exact) mass is 461 g/mol. The van der Waals surface area contributed by atoms with E-state index in [9.17, 15) is 0 Å². The van der Waals surface area contributed by atoms with Gasteiger partial charge in [-0.05, 0) is 24.1 Å². The van der Waals surface area contributed by atoms with Gasteiger partial charge in [0.15, 0.2) is 0 Å². The lowest BCUT2D eigenvalue weighted by molar-refractivity contribution is 0.0721. The smallest absolute Gasteiger partial charge is 0.124 e. The molecular formula is C26H31N5O3. The number of ether oxygens (including phenoxy) is 3. The molecule has 0 N–H and O–H groups in total. The molecule has 4 rings (SSSR count). The third-order valence-electron chi connectivity index (χ3n) is 5.89. The molecule has 0 saturated heterocycles. The standard InChI is InChI=1S/C26H31N5O3/c1-17(2)26(34-6)16-31(20-9-21(32-4)12-22(10-20)33-5)19-7-8-23-24(11-19)29-25(14-27-23)18-13-28-30(3)15-18/h7-15,17,26H,16H2,1-6H3. The molecule has 1 atom stereocenters. The summed E-state index contributed by atoms with van der Waals surface area (Å²) in [6, 6.07) is 12.0. The van der Waals surface area contributed by atoms with Crippen molar-refractivity contribution in [1.82, 2.24) is 19.7 Å². The fourth-order valence-electron chi connectivity index (χ4n) is 3.91. The second kappa shape index (κ2) is 10.1. The summed E-state index contributed by atoms with van der Waals surface area (Å²) in [5.41, 5.74) is 5.25. The van der Waals surface area contributed by atoms with Crippen molar-refractivity contribution in [3.63, 3.8) is 0 Å². The van der Waals surface area contributed by atoms with Gasteiger partial charge in [-0.3, -0.25) is 9.67 Å². The first-order valence-electron chi connectivity index (χ1n) is 11.2. The molecule has 4 aromatic rings. The zero-order valence-corrected chi connectivity index (χ0v) is 20.5. The summed E-state index contributed by atoms with van der Waals surface area (Å²) in [7, 11) is 6.94. The van der Waals surface area contributed by atoms with E-state index < -0.39 is 0 Å². The average Bonchev–Trinajstić information content (AvgIpc) is 3.29. The van der Waals surface area contributed by atoms with Crippen LogP contribution in [-0.4, -0.2) is 53.7 Å².